The van der Waals surface area contributed by atoms with E-state index in [-0.39, 0.29) is 59.0 Å². The summed E-state index contributed by atoms with van der Waals surface area (Å²) in [5, 5.41) is 140. The van der Waals surface area contributed by atoms with Crippen molar-refractivity contribution < 1.29 is 104 Å². The Bertz CT molecular complexity index is 2060. The number of carbonyl (C=O) groups is 1. The molecule has 0 aromatic rings. The van der Waals surface area contributed by atoms with Crippen LogP contribution in [0.4, 0.5) is 0 Å². The van der Waals surface area contributed by atoms with E-state index in [0.29, 0.717) is 25.7 Å². The third kappa shape index (κ3) is 9.41. The second-order valence-electron chi connectivity index (χ2n) is 26.1. The molecule has 28 atom stereocenters. The number of carbonyl (C=O) groups excluding carboxylic acids is 1. The Balaban J connectivity index is 0.899. The van der Waals surface area contributed by atoms with E-state index in [0.717, 1.165) is 38.5 Å². The number of allylic oxidation sites excluding steroid dienone is 2. The van der Waals surface area contributed by atoms with Crippen molar-refractivity contribution in [2.45, 2.75) is 236 Å². The van der Waals surface area contributed by atoms with E-state index in [9.17, 15) is 71.2 Å². The van der Waals surface area contributed by atoms with Gasteiger partial charge in [0.15, 0.2) is 12.6 Å². The topological polar surface area (TPSA) is 345 Å². The molecule has 5 saturated carbocycles. The first-order valence-corrected chi connectivity index (χ1v) is 27.6. The fraction of sp³-hybridized carbons (Fsp3) is 0.944. The average molecular weight is 1070 g/mol. The Hall–Kier alpha value is -1.55. The molecule has 3 saturated heterocycles. The maximum absolute atomic E-state index is 14.7. The first-order valence-electron chi connectivity index (χ1n) is 27.6. The number of hydrogen-bond acceptors (Lipinski definition) is 21. The van der Waals surface area contributed by atoms with Crippen LogP contribution in [0, 0.1) is 56.2 Å². The van der Waals surface area contributed by atoms with Crippen molar-refractivity contribution in [3.63, 3.8) is 0 Å². The molecule has 3 aliphatic heterocycles. The van der Waals surface area contributed by atoms with Crippen LogP contribution in [-0.2, 0) is 38.0 Å². The molecule has 0 aromatic carbocycles. The van der Waals surface area contributed by atoms with Gasteiger partial charge in [-0.15, -0.1) is 0 Å². The minimum absolute atomic E-state index is 0.0274. The van der Waals surface area contributed by atoms with E-state index in [4.69, 9.17) is 33.2 Å². The van der Waals surface area contributed by atoms with Crippen LogP contribution in [0.15, 0.2) is 11.6 Å². The Morgan fingerprint density at radius 1 is 0.640 bits per heavy atom. The van der Waals surface area contributed by atoms with Crippen molar-refractivity contribution >= 4 is 5.97 Å². The highest BCUT2D eigenvalue weighted by molar-refractivity contribution is 5.79. The van der Waals surface area contributed by atoms with E-state index in [2.05, 4.69) is 40.7 Å². The maximum atomic E-state index is 14.7. The van der Waals surface area contributed by atoms with E-state index in [1.807, 2.05) is 6.92 Å². The van der Waals surface area contributed by atoms with Gasteiger partial charge in [-0.1, -0.05) is 53.2 Å². The largest absolute Gasteiger partial charge is 0.432 e. The van der Waals surface area contributed by atoms with Gasteiger partial charge in [-0.05, 0) is 117 Å². The van der Waals surface area contributed by atoms with E-state index < -0.39 is 152 Å². The first-order chi connectivity index (χ1) is 35.2. The van der Waals surface area contributed by atoms with E-state index >= 15 is 0 Å². The molecule has 21 nitrogen and oxygen atoms in total. The lowest BCUT2D eigenvalue weighted by Gasteiger charge is -2.71. The molecule has 21 heteroatoms. The quantitative estimate of drug-likeness (QED) is 0.0689. The highest BCUT2D eigenvalue weighted by atomic mass is 16.7. The molecule has 75 heavy (non-hydrogen) atoms. The zero-order valence-electron chi connectivity index (χ0n) is 44.5. The Morgan fingerprint density at radius 3 is 1.99 bits per heavy atom. The smallest absolute Gasteiger partial charge is 0.315 e. The molecule has 0 bridgehead atoms. The standard InChI is InChI=1S/C54H88O21/c1-24-34(58)38(62)42(66)46(70-24)74-44-28(18-25(20-55)35(59)40(44)64)71-30-22-69-45(41(65)37(30)61)73-33-11-12-50(4)31(51(33,5)23-57)10-13-53(7)32(50)9-8-26-27-19-49(2,3)14-16-54(27,17-15-52(26,53)6)48(68)75-47-43(67)39(63)36(60)29(21-56)72-47/h8,24-25,27-47,55-67H,9-23H2,1-7H3. The highest BCUT2D eigenvalue weighted by Gasteiger charge is 2.71. The van der Waals surface area contributed by atoms with Gasteiger partial charge in [0.25, 0.3) is 0 Å². The third-order valence-electron chi connectivity index (χ3n) is 21.7. The number of aliphatic hydroxyl groups excluding tert-OH is 13. The molecule has 3 heterocycles. The fourth-order valence-electron chi connectivity index (χ4n) is 16.7. The van der Waals surface area contributed by atoms with Gasteiger partial charge in [-0.2, -0.15) is 0 Å². The van der Waals surface area contributed by atoms with Crippen molar-refractivity contribution in [1.29, 1.82) is 0 Å². The van der Waals surface area contributed by atoms with Gasteiger partial charge in [-0.3, -0.25) is 4.79 Å². The minimum atomic E-state index is -1.74. The van der Waals surface area contributed by atoms with Crippen LogP contribution in [0.1, 0.15) is 119 Å². The Labute approximate surface area is 439 Å². The van der Waals surface area contributed by atoms with Crippen molar-refractivity contribution in [2.75, 3.05) is 26.4 Å². The summed E-state index contributed by atoms with van der Waals surface area (Å²) >= 11 is 0. The van der Waals surface area contributed by atoms with Crippen LogP contribution in [0.5, 0.6) is 0 Å². The fourth-order valence-corrected chi connectivity index (χ4v) is 16.7. The summed E-state index contributed by atoms with van der Waals surface area (Å²) in [6.07, 6.45) is -18.0. The molecule has 13 N–H and O–H groups in total. The van der Waals surface area contributed by atoms with Crippen molar-refractivity contribution in [2.24, 2.45) is 56.2 Å². The summed E-state index contributed by atoms with van der Waals surface area (Å²) in [5.74, 6) is -1.42. The average Bonchev–Trinajstić information content (AvgIpc) is 3.39. The van der Waals surface area contributed by atoms with Gasteiger partial charge in [0.1, 0.15) is 73.2 Å². The van der Waals surface area contributed by atoms with Crippen molar-refractivity contribution in [3.05, 3.63) is 11.6 Å². The maximum Gasteiger partial charge on any atom is 0.315 e. The zero-order chi connectivity index (χ0) is 54.7. The van der Waals surface area contributed by atoms with Gasteiger partial charge in [-0.25, -0.2) is 0 Å². The predicted octanol–water partition coefficient (Wildman–Crippen LogP) is -0.733. The second kappa shape index (κ2) is 21.1. The van der Waals surface area contributed by atoms with Crippen molar-refractivity contribution in [1.82, 2.24) is 0 Å². The summed E-state index contributed by atoms with van der Waals surface area (Å²) in [6.45, 7) is 13.4. The number of rotatable bonds is 11. The summed E-state index contributed by atoms with van der Waals surface area (Å²) in [7, 11) is 0. The molecule has 430 valence electrons. The third-order valence-corrected chi connectivity index (χ3v) is 21.7. The second-order valence-corrected chi connectivity index (χ2v) is 26.1. The molecule has 9 rings (SSSR count). The van der Waals surface area contributed by atoms with Crippen LogP contribution >= 0.6 is 0 Å². The van der Waals surface area contributed by atoms with Gasteiger partial charge in [0.2, 0.25) is 6.29 Å². The van der Waals surface area contributed by atoms with Crippen LogP contribution in [-0.4, -0.2) is 215 Å². The lowest BCUT2D eigenvalue weighted by molar-refractivity contribution is -0.343. The van der Waals surface area contributed by atoms with Gasteiger partial charge in [0, 0.05) is 17.9 Å². The van der Waals surface area contributed by atoms with Gasteiger partial charge >= 0.3 is 5.97 Å². The summed E-state index contributed by atoms with van der Waals surface area (Å²) < 4.78 is 42.3. The van der Waals surface area contributed by atoms with Crippen molar-refractivity contribution in [3.8, 4) is 0 Å². The molecule has 0 radical (unpaired) electrons. The molecular weight excluding hydrogens is 985 g/mol. The number of esters is 1. The molecule has 0 spiro atoms. The Kier molecular flexibility index (Phi) is 16.3. The molecule has 6 aliphatic carbocycles. The van der Waals surface area contributed by atoms with Gasteiger partial charge < -0.3 is 99.5 Å². The lowest BCUT2D eigenvalue weighted by atomic mass is 9.33. The van der Waals surface area contributed by atoms with Crippen LogP contribution in [0.3, 0.4) is 0 Å². The number of aliphatic hydroxyl groups is 13. The molecule has 0 aromatic heterocycles. The first kappa shape index (κ1) is 58.1. The summed E-state index contributed by atoms with van der Waals surface area (Å²) in [6, 6.07) is 0. The van der Waals surface area contributed by atoms with E-state index in [1.54, 1.807) is 0 Å². The van der Waals surface area contributed by atoms with E-state index in [1.165, 1.54) is 12.5 Å². The lowest BCUT2D eigenvalue weighted by Crippen LogP contribution is -2.67. The molecular formula is C54H88O21. The predicted molar refractivity (Wildman–Crippen MR) is 260 cm³/mol. The summed E-state index contributed by atoms with van der Waals surface area (Å²) in [5.41, 5.74) is -1.38. The molecule has 8 fully saturated rings. The normalized spacial score (nSPS) is 54.8. The zero-order valence-corrected chi connectivity index (χ0v) is 44.5. The Morgan fingerprint density at radius 2 is 1.31 bits per heavy atom. The number of fused-ring (bicyclic) bond motifs is 7. The SMILES string of the molecule is CC1OC(OC2C(OC3COC(OC4CCC5(C)C(CCC6(C)C5CC=C5C7CC(C)(C)CCC7(C(=O)OC7OC(CO)C(O)C(O)C7O)CCC56C)C4(C)CO)C(O)C3O)CC(CO)C(O)C2O)C(O)C(O)C1O. The molecule has 28 unspecified atom stereocenters. The summed E-state index contributed by atoms with van der Waals surface area (Å²) in [4.78, 5) is 14.7. The molecule has 9 aliphatic rings. The highest BCUT2D eigenvalue weighted by Crippen LogP contribution is 2.76. The minimum Gasteiger partial charge on any atom is -0.432 e. The monoisotopic (exact) mass is 1070 g/mol. The number of hydrogen-bond donors (Lipinski definition) is 13. The molecule has 0 amide bonds. The van der Waals surface area contributed by atoms with Crippen LogP contribution in [0.25, 0.3) is 0 Å². The van der Waals surface area contributed by atoms with Crippen LogP contribution < -0.4 is 0 Å². The van der Waals surface area contributed by atoms with Crippen LogP contribution in [0.2, 0.25) is 0 Å². The van der Waals surface area contributed by atoms with Gasteiger partial charge in [0.05, 0.1) is 49.7 Å². The number of ether oxygens (including phenoxy) is 7.